The maximum atomic E-state index is 12.4. The molecule has 11 nitrogen and oxygen atoms in total. The molecule has 0 amide bonds. The third kappa shape index (κ3) is 5.19. The molecule has 216 valence electrons. The molecular formula is C30H31NO10. The minimum Gasteiger partial charge on any atom is -0.507 e. The zero-order valence-electron chi connectivity index (χ0n) is 21.8. The maximum absolute atomic E-state index is 12.4. The number of phenolic OH excluding ortho intramolecular Hbond substituents is 2. The van der Waals surface area contributed by atoms with E-state index in [1.807, 2.05) is 0 Å². The summed E-state index contributed by atoms with van der Waals surface area (Å²) in [6, 6.07) is 14.9. The normalized spacial score (nSPS) is 27.2. The highest BCUT2D eigenvalue weighted by molar-refractivity contribution is 6.19. The van der Waals surface area contributed by atoms with Gasteiger partial charge in [0, 0.05) is 23.5 Å². The predicted octanol–water partition coefficient (Wildman–Crippen LogP) is 0.411. The molecular weight excluding hydrogens is 534 g/mol. The lowest BCUT2D eigenvalue weighted by atomic mass is 9.71. The van der Waals surface area contributed by atoms with Gasteiger partial charge >= 0.3 is 5.97 Å². The lowest BCUT2D eigenvalue weighted by molar-refractivity contribution is -0.232. The van der Waals surface area contributed by atoms with E-state index in [1.54, 1.807) is 36.4 Å². The molecule has 1 aliphatic heterocycles. The summed E-state index contributed by atoms with van der Waals surface area (Å²) < 4.78 is 5.90. The van der Waals surface area contributed by atoms with Gasteiger partial charge in [-0.2, -0.15) is 0 Å². The summed E-state index contributed by atoms with van der Waals surface area (Å²) >= 11 is 0. The van der Waals surface area contributed by atoms with E-state index in [0.29, 0.717) is 11.1 Å². The van der Waals surface area contributed by atoms with Gasteiger partial charge in [-0.1, -0.05) is 48.5 Å². The Morgan fingerprint density at radius 2 is 1.54 bits per heavy atom. The maximum Gasteiger partial charge on any atom is 0.328 e. The number of ether oxygens (including phenoxy) is 1. The molecule has 1 aliphatic carbocycles. The molecule has 0 bridgehead atoms. The lowest BCUT2D eigenvalue weighted by Crippen LogP contribution is -2.60. The fourth-order valence-corrected chi connectivity index (χ4v) is 5.74. The van der Waals surface area contributed by atoms with Crippen LogP contribution in [-0.2, 0) is 22.6 Å². The first-order chi connectivity index (χ1) is 19.7. The molecule has 0 radical (unpaired) electrons. The van der Waals surface area contributed by atoms with Crippen LogP contribution in [0.3, 0.4) is 0 Å². The van der Waals surface area contributed by atoms with Gasteiger partial charge in [0.1, 0.15) is 35.9 Å². The van der Waals surface area contributed by atoms with E-state index in [4.69, 9.17) is 4.74 Å². The van der Waals surface area contributed by atoms with Gasteiger partial charge in [0.15, 0.2) is 6.04 Å². The topological polar surface area (TPSA) is 200 Å². The van der Waals surface area contributed by atoms with Gasteiger partial charge in [-0.25, -0.2) is 4.79 Å². The molecule has 11 heteroatoms. The Morgan fingerprint density at radius 1 is 0.829 bits per heavy atom. The van der Waals surface area contributed by atoms with Crippen LogP contribution in [0.25, 0.3) is 0 Å². The largest absolute Gasteiger partial charge is 0.507 e. The lowest BCUT2D eigenvalue weighted by Gasteiger charge is -2.45. The standard InChI is InChI=1S/C30H31NO10/c32-12-15-9-17-22(29-28(38)27(37)26(36)21(13-33)41-29)16-7-4-8-19(34)23(16)25(24(17)20(35)11-15)31-18(30(39)40)10-14-5-2-1-3-6-14/h1-9,11,18,21-22,26-29,32-38H,10,12-13H2,(H,39,40)/t18?,21-,22?,26-,27+,28-,29+/m1/s1. The highest BCUT2D eigenvalue weighted by atomic mass is 16.5. The van der Waals surface area contributed by atoms with Gasteiger partial charge in [0.05, 0.1) is 25.0 Å². The summed E-state index contributed by atoms with van der Waals surface area (Å²) in [6.07, 6.45) is -7.47. The molecule has 1 fully saturated rings. The summed E-state index contributed by atoms with van der Waals surface area (Å²) in [4.78, 5) is 16.9. The third-order valence-corrected chi connectivity index (χ3v) is 7.71. The third-order valence-electron chi connectivity index (χ3n) is 7.71. The average molecular weight is 566 g/mol. The van der Waals surface area contributed by atoms with E-state index in [-0.39, 0.29) is 45.9 Å². The van der Waals surface area contributed by atoms with Crippen LogP contribution in [-0.4, -0.2) is 95.7 Å². The minimum absolute atomic E-state index is 0.0146. The summed E-state index contributed by atoms with van der Waals surface area (Å²) in [5, 5.41) is 84.0. The van der Waals surface area contributed by atoms with Gasteiger partial charge in [0.25, 0.3) is 0 Å². The summed E-state index contributed by atoms with van der Waals surface area (Å²) in [5.41, 5.74) is 1.73. The molecule has 0 spiro atoms. The number of aliphatic hydroxyl groups is 5. The van der Waals surface area contributed by atoms with Gasteiger partial charge in [-0.3, -0.25) is 4.99 Å². The first kappa shape index (κ1) is 28.7. The molecule has 3 aromatic rings. The number of carboxylic acid groups (broad SMARTS) is 1. The fraction of sp³-hybridized carbons (Fsp3) is 0.333. The Kier molecular flexibility index (Phi) is 8.09. The van der Waals surface area contributed by atoms with Crippen molar-refractivity contribution < 1.29 is 50.4 Å². The number of benzene rings is 3. The second-order valence-electron chi connectivity index (χ2n) is 10.3. The van der Waals surface area contributed by atoms with Crippen LogP contribution in [0.1, 0.15) is 39.3 Å². The Morgan fingerprint density at radius 3 is 2.20 bits per heavy atom. The van der Waals surface area contributed by atoms with Crippen LogP contribution in [0.2, 0.25) is 0 Å². The van der Waals surface area contributed by atoms with Crippen molar-refractivity contribution in [3.05, 3.63) is 94.0 Å². The Labute approximate surface area is 234 Å². The highest BCUT2D eigenvalue weighted by Gasteiger charge is 2.50. The molecule has 1 saturated heterocycles. The van der Waals surface area contributed by atoms with E-state index in [2.05, 4.69) is 4.99 Å². The molecule has 0 saturated carbocycles. The molecule has 5 rings (SSSR count). The SMILES string of the molecule is O=C(O)C(Cc1ccccc1)N=C1c2c(O)cccc2C([C@@H]2O[C@H](CO)[C@@H](O)[C@H](O)[C@H]2O)c2cc(CO)cc(O)c21. The van der Waals surface area contributed by atoms with Crippen molar-refractivity contribution in [3.63, 3.8) is 0 Å². The van der Waals surface area contributed by atoms with Crippen molar-refractivity contribution >= 4 is 11.7 Å². The molecule has 1 heterocycles. The zero-order chi connectivity index (χ0) is 29.4. The zero-order valence-corrected chi connectivity index (χ0v) is 21.8. The van der Waals surface area contributed by atoms with Gasteiger partial charge in [-0.15, -0.1) is 0 Å². The summed E-state index contributed by atoms with van der Waals surface area (Å²) in [6.45, 7) is -1.13. The van der Waals surface area contributed by atoms with Gasteiger partial charge in [-0.05, 0) is 34.4 Å². The number of rotatable bonds is 7. The number of carbonyl (C=O) groups is 1. The van der Waals surface area contributed by atoms with Crippen LogP contribution in [0.15, 0.2) is 65.7 Å². The van der Waals surface area contributed by atoms with E-state index in [0.717, 1.165) is 0 Å². The fourth-order valence-electron chi connectivity index (χ4n) is 5.74. The number of fused-ring (bicyclic) bond motifs is 2. The quantitative estimate of drug-likeness (QED) is 0.198. The van der Waals surface area contributed by atoms with Crippen molar-refractivity contribution in [2.24, 2.45) is 4.99 Å². The molecule has 8 N–H and O–H groups in total. The first-order valence-electron chi connectivity index (χ1n) is 13.1. The molecule has 0 aromatic heterocycles. The number of carboxylic acids is 1. The number of nitrogens with zero attached hydrogens (tertiary/aromatic N) is 1. The van der Waals surface area contributed by atoms with Crippen LogP contribution >= 0.6 is 0 Å². The van der Waals surface area contributed by atoms with Crippen molar-refractivity contribution in [1.82, 2.24) is 0 Å². The average Bonchev–Trinajstić information content (AvgIpc) is 2.96. The molecule has 2 unspecified atom stereocenters. The number of phenols is 2. The van der Waals surface area contributed by atoms with Crippen LogP contribution in [0.4, 0.5) is 0 Å². The Balaban J connectivity index is 1.75. The first-order valence-corrected chi connectivity index (χ1v) is 13.1. The number of aliphatic hydroxyl groups excluding tert-OH is 5. The summed E-state index contributed by atoms with van der Waals surface area (Å²) in [5.74, 6) is -2.89. The van der Waals surface area contributed by atoms with E-state index < -0.39 is 61.7 Å². The number of aliphatic imine (C=N–C) groups is 1. The van der Waals surface area contributed by atoms with Crippen LogP contribution in [0, 0.1) is 0 Å². The van der Waals surface area contributed by atoms with Gasteiger partial charge in [0.2, 0.25) is 0 Å². The second kappa shape index (κ2) is 11.6. The van der Waals surface area contributed by atoms with Crippen LogP contribution in [0.5, 0.6) is 11.5 Å². The van der Waals surface area contributed by atoms with Crippen molar-refractivity contribution in [3.8, 4) is 11.5 Å². The Bertz CT molecular complexity index is 1460. The minimum atomic E-state index is -1.69. The number of hydrogen-bond donors (Lipinski definition) is 8. The van der Waals surface area contributed by atoms with Crippen LogP contribution < -0.4 is 0 Å². The molecule has 2 aliphatic rings. The molecule has 3 aromatic carbocycles. The van der Waals surface area contributed by atoms with Gasteiger partial charge < -0.3 is 45.6 Å². The Hall–Kier alpha value is -3.84. The smallest absolute Gasteiger partial charge is 0.328 e. The van der Waals surface area contributed by atoms with E-state index in [9.17, 15) is 45.6 Å². The van der Waals surface area contributed by atoms with E-state index >= 15 is 0 Å². The van der Waals surface area contributed by atoms with Crippen molar-refractivity contribution in [1.29, 1.82) is 0 Å². The monoisotopic (exact) mass is 565 g/mol. The highest BCUT2D eigenvalue weighted by Crippen LogP contribution is 2.48. The number of hydrogen-bond acceptors (Lipinski definition) is 10. The molecule has 7 atom stereocenters. The predicted molar refractivity (Wildman–Crippen MR) is 145 cm³/mol. The summed E-state index contributed by atoms with van der Waals surface area (Å²) in [7, 11) is 0. The number of aliphatic carboxylic acids is 1. The van der Waals surface area contributed by atoms with Crippen molar-refractivity contribution in [2.75, 3.05) is 6.61 Å². The second-order valence-corrected chi connectivity index (χ2v) is 10.3. The van der Waals surface area contributed by atoms with Crippen molar-refractivity contribution in [2.45, 2.75) is 55.5 Å². The molecule has 41 heavy (non-hydrogen) atoms. The van der Waals surface area contributed by atoms with E-state index in [1.165, 1.54) is 24.3 Å². The number of aromatic hydroxyl groups is 2.